The maximum atomic E-state index is 13.1. The van der Waals surface area contributed by atoms with Crippen LogP contribution < -0.4 is 10.9 Å². The average Bonchev–Trinajstić information content (AvgIpc) is 3.22. The molecule has 3 rings (SSSR count). The highest BCUT2D eigenvalue weighted by atomic mass is 32.2. The summed E-state index contributed by atoms with van der Waals surface area (Å²) < 4.78 is 61.2. The number of halogens is 3. The van der Waals surface area contributed by atoms with Crippen LogP contribution in [0.25, 0.3) is 0 Å². The Morgan fingerprint density at radius 3 is 2.35 bits per heavy atom. The number of sulfone groups is 1. The fourth-order valence-corrected chi connectivity index (χ4v) is 4.23. The average molecular weight is 456 g/mol. The zero-order valence-electron chi connectivity index (χ0n) is 16.9. The van der Waals surface area contributed by atoms with Crippen molar-refractivity contribution in [1.82, 2.24) is 15.8 Å². The van der Waals surface area contributed by atoms with Gasteiger partial charge in [-0.1, -0.05) is 12.1 Å². The molecule has 0 spiro atoms. The minimum atomic E-state index is -4.68. The summed E-state index contributed by atoms with van der Waals surface area (Å²) in [6, 6.07) is 11.2. The first kappa shape index (κ1) is 23.2. The van der Waals surface area contributed by atoms with E-state index in [1.54, 1.807) is 19.2 Å². The molecule has 6 nitrogen and oxygen atoms in total. The van der Waals surface area contributed by atoms with Crippen LogP contribution in [-0.4, -0.2) is 44.6 Å². The number of hydrogen-bond acceptors (Lipinski definition) is 5. The van der Waals surface area contributed by atoms with E-state index in [0.717, 1.165) is 37.0 Å². The van der Waals surface area contributed by atoms with E-state index >= 15 is 0 Å². The molecule has 168 valence electrons. The van der Waals surface area contributed by atoms with Gasteiger partial charge in [0, 0.05) is 31.2 Å². The van der Waals surface area contributed by atoms with Crippen LogP contribution in [0.15, 0.2) is 53.4 Å². The number of hydrogen-bond donors (Lipinski definition) is 2. The van der Waals surface area contributed by atoms with E-state index in [-0.39, 0.29) is 29.4 Å². The fourth-order valence-electron chi connectivity index (χ4n) is 3.51. The van der Waals surface area contributed by atoms with Crippen LogP contribution in [0, 0.1) is 5.82 Å². The number of alkyl halides is 2. The molecule has 2 N–H and O–H groups in total. The van der Waals surface area contributed by atoms with Gasteiger partial charge in [-0.05, 0) is 61.2 Å². The highest BCUT2D eigenvalue weighted by Crippen LogP contribution is 2.24. The third-order valence-electron chi connectivity index (χ3n) is 5.31. The second-order valence-electron chi connectivity index (χ2n) is 7.52. The van der Waals surface area contributed by atoms with E-state index < -0.39 is 20.5 Å². The van der Waals surface area contributed by atoms with Crippen molar-refractivity contribution < 1.29 is 26.4 Å². The SMILES string of the molecule is CN(CCCC1CC(c2ccc(F)cc2)NN1)C(=O)c1ccc(S(=O)(=O)C(F)F)cc1. The molecule has 31 heavy (non-hydrogen) atoms. The van der Waals surface area contributed by atoms with Crippen molar-refractivity contribution in [1.29, 1.82) is 0 Å². The standard InChI is InChI=1S/C21H24F3N3O3S/c1-27(20(28)15-6-10-18(11-7-15)31(29,30)21(23)24)12-2-3-17-13-19(26-25-17)14-4-8-16(22)9-5-14/h4-11,17,19,21,25-26H,2-3,12-13H2,1H3. The summed E-state index contributed by atoms with van der Waals surface area (Å²) in [5, 5.41) is 0. The lowest BCUT2D eigenvalue weighted by molar-refractivity contribution is 0.0791. The molecule has 2 unspecified atom stereocenters. The van der Waals surface area contributed by atoms with E-state index in [9.17, 15) is 26.4 Å². The molecule has 2 aromatic rings. The van der Waals surface area contributed by atoms with Crippen molar-refractivity contribution in [2.75, 3.05) is 13.6 Å². The van der Waals surface area contributed by atoms with Gasteiger partial charge in [0.05, 0.1) is 4.90 Å². The van der Waals surface area contributed by atoms with Crippen LogP contribution in [-0.2, 0) is 9.84 Å². The largest absolute Gasteiger partial charge is 0.342 e. The van der Waals surface area contributed by atoms with E-state index in [4.69, 9.17) is 0 Å². The van der Waals surface area contributed by atoms with Crippen LogP contribution in [0.2, 0.25) is 0 Å². The molecule has 1 heterocycles. The fraction of sp³-hybridized carbons (Fsp3) is 0.381. The van der Waals surface area contributed by atoms with Gasteiger partial charge in [-0.15, -0.1) is 0 Å². The molecule has 0 aromatic heterocycles. The quantitative estimate of drug-likeness (QED) is 0.639. The Hall–Kier alpha value is -2.43. The van der Waals surface area contributed by atoms with E-state index in [0.29, 0.717) is 6.54 Å². The number of carbonyl (C=O) groups excluding carboxylic acids is 1. The van der Waals surface area contributed by atoms with Gasteiger partial charge in [-0.3, -0.25) is 15.6 Å². The van der Waals surface area contributed by atoms with Gasteiger partial charge in [0.1, 0.15) is 5.82 Å². The molecule has 2 aromatic carbocycles. The first-order valence-electron chi connectivity index (χ1n) is 9.82. The number of nitrogens with one attached hydrogen (secondary N) is 2. The van der Waals surface area contributed by atoms with Gasteiger partial charge in [-0.2, -0.15) is 8.78 Å². The van der Waals surface area contributed by atoms with Crippen LogP contribution in [0.5, 0.6) is 0 Å². The number of benzene rings is 2. The third-order valence-corrected chi connectivity index (χ3v) is 6.71. The van der Waals surface area contributed by atoms with Crippen molar-refractivity contribution in [2.24, 2.45) is 0 Å². The van der Waals surface area contributed by atoms with Crippen LogP contribution in [0.4, 0.5) is 13.2 Å². The van der Waals surface area contributed by atoms with E-state index in [1.807, 2.05) is 0 Å². The van der Waals surface area contributed by atoms with Crippen LogP contribution >= 0.6 is 0 Å². The van der Waals surface area contributed by atoms with Gasteiger partial charge in [0.15, 0.2) is 0 Å². The maximum absolute atomic E-state index is 13.1. The van der Waals surface area contributed by atoms with Gasteiger partial charge >= 0.3 is 5.76 Å². The summed E-state index contributed by atoms with van der Waals surface area (Å²) >= 11 is 0. The Labute approximate surface area is 179 Å². The molecule has 2 atom stereocenters. The van der Waals surface area contributed by atoms with Crippen molar-refractivity contribution in [3.63, 3.8) is 0 Å². The van der Waals surface area contributed by atoms with Crippen LogP contribution in [0.3, 0.4) is 0 Å². The van der Waals surface area contributed by atoms with Crippen molar-refractivity contribution >= 4 is 15.7 Å². The van der Waals surface area contributed by atoms with Crippen LogP contribution in [0.1, 0.15) is 41.2 Å². The molecule has 1 amide bonds. The lowest BCUT2D eigenvalue weighted by Gasteiger charge is -2.18. The molecule has 1 fully saturated rings. The minimum absolute atomic E-state index is 0.0907. The summed E-state index contributed by atoms with van der Waals surface area (Å²) in [5.41, 5.74) is 7.65. The van der Waals surface area contributed by atoms with Gasteiger partial charge < -0.3 is 4.90 Å². The second kappa shape index (κ2) is 9.80. The zero-order valence-corrected chi connectivity index (χ0v) is 17.7. The number of rotatable bonds is 8. The molecule has 0 bridgehead atoms. The normalized spacial score (nSPS) is 19.0. The van der Waals surface area contributed by atoms with E-state index in [1.165, 1.54) is 29.2 Å². The smallest absolute Gasteiger partial charge is 0.341 e. The summed E-state index contributed by atoms with van der Waals surface area (Å²) in [6.45, 7) is 0.481. The molecule has 0 radical (unpaired) electrons. The number of nitrogens with zero attached hydrogens (tertiary/aromatic N) is 1. The zero-order chi connectivity index (χ0) is 22.6. The van der Waals surface area contributed by atoms with Crippen molar-refractivity contribution in [3.8, 4) is 0 Å². The Balaban J connectivity index is 1.47. The lowest BCUT2D eigenvalue weighted by Crippen LogP contribution is -2.32. The number of hydrazine groups is 1. The monoisotopic (exact) mass is 455 g/mol. The Morgan fingerprint density at radius 2 is 1.74 bits per heavy atom. The van der Waals surface area contributed by atoms with Crippen molar-refractivity contribution in [2.45, 2.75) is 42.0 Å². The summed E-state index contributed by atoms with van der Waals surface area (Å²) in [7, 11) is -3.05. The second-order valence-corrected chi connectivity index (χ2v) is 9.44. The van der Waals surface area contributed by atoms with E-state index in [2.05, 4.69) is 10.9 Å². The molecule has 1 aliphatic rings. The summed E-state index contributed by atoms with van der Waals surface area (Å²) in [6.07, 6.45) is 2.38. The van der Waals surface area contributed by atoms with Gasteiger partial charge in [0.2, 0.25) is 9.84 Å². The number of carbonyl (C=O) groups is 1. The van der Waals surface area contributed by atoms with Crippen molar-refractivity contribution in [3.05, 3.63) is 65.5 Å². The first-order chi connectivity index (χ1) is 14.7. The Morgan fingerprint density at radius 1 is 1.10 bits per heavy atom. The first-order valence-corrected chi connectivity index (χ1v) is 11.4. The molecule has 1 aliphatic heterocycles. The summed E-state index contributed by atoms with van der Waals surface area (Å²) in [5.74, 6) is -4.09. The third kappa shape index (κ3) is 5.63. The summed E-state index contributed by atoms with van der Waals surface area (Å²) in [4.78, 5) is 13.5. The Kier molecular flexibility index (Phi) is 7.34. The highest BCUT2D eigenvalue weighted by molar-refractivity contribution is 7.91. The molecule has 1 saturated heterocycles. The molecule has 0 aliphatic carbocycles. The highest BCUT2D eigenvalue weighted by Gasteiger charge is 2.27. The molecule has 10 heteroatoms. The topological polar surface area (TPSA) is 78.5 Å². The Bertz CT molecular complexity index is 999. The minimum Gasteiger partial charge on any atom is -0.342 e. The predicted octanol–water partition coefficient (Wildman–Crippen LogP) is 3.28. The van der Waals surface area contributed by atoms with Gasteiger partial charge in [-0.25, -0.2) is 12.8 Å². The molecule has 0 saturated carbocycles. The number of amides is 1. The lowest BCUT2D eigenvalue weighted by atomic mass is 9.99. The molecular weight excluding hydrogens is 431 g/mol. The van der Waals surface area contributed by atoms with Gasteiger partial charge in [0.25, 0.3) is 5.91 Å². The predicted molar refractivity (Wildman–Crippen MR) is 110 cm³/mol. The maximum Gasteiger partial charge on any atom is 0.341 e. The molecular formula is C21H24F3N3O3S.